The van der Waals surface area contributed by atoms with Gasteiger partial charge in [0.2, 0.25) is 0 Å². The first-order chi connectivity index (χ1) is 2.41. The fourth-order valence-corrected chi connectivity index (χ4v) is 0.260. The minimum absolute atomic E-state index is 0.217. The average Bonchev–Trinajstić information content (AvgIpc) is 1.41. The van der Waals surface area contributed by atoms with Gasteiger partial charge in [-0.1, -0.05) is 0 Å². The van der Waals surface area contributed by atoms with Gasteiger partial charge < -0.3 is 0 Å². The molecule has 0 aromatic carbocycles. The third-order valence-corrected chi connectivity index (χ3v) is 0.693. The van der Waals surface area contributed by atoms with Crippen LogP contribution >= 0.6 is 0 Å². The second-order valence-electron chi connectivity index (χ2n) is 0.632. The molecule has 5 heavy (non-hydrogen) atoms. The number of hydrogen-bond donors (Lipinski definition) is 2. The molecule has 0 heterocycles. The Hall–Kier alpha value is 0.439. The third-order valence-electron chi connectivity index (χ3n) is 0.224. The van der Waals surface area contributed by atoms with E-state index in [1.807, 2.05) is 0 Å². The van der Waals surface area contributed by atoms with E-state index in [-0.39, 0.29) is 6.61 Å². The van der Waals surface area contributed by atoms with Crippen molar-refractivity contribution in [2.75, 3.05) is 13.2 Å². The molecule has 0 aliphatic carbocycles. The molecular weight excluding hydrogens is 133 g/mol. The summed E-state index contributed by atoms with van der Waals surface area (Å²) in [4.78, 5) is 0. The minimum atomic E-state index is 0.217. The van der Waals surface area contributed by atoms with Crippen molar-refractivity contribution in [1.82, 2.24) is 4.33 Å². The van der Waals surface area contributed by atoms with Gasteiger partial charge in [0.25, 0.3) is 0 Å². The summed E-state index contributed by atoms with van der Waals surface area (Å²) < 4.78 is 2.70. The van der Waals surface area contributed by atoms with E-state index in [4.69, 9.17) is 5.11 Å². The molecule has 0 saturated heterocycles. The van der Waals surface area contributed by atoms with E-state index in [1.165, 1.54) is 0 Å². The van der Waals surface area contributed by atoms with Gasteiger partial charge >= 0.3 is 38.8 Å². The molecule has 0 aromatic heterocycles. The van der Waals surface area contributed by atoms with Crippen molar-refractivity contribution in [3.8, 4) is 0 Å². The molecule has 0 atom stereocenters. The van der Waals surface area contributed by atoms with Gasteiger partial charge in [-0.2, -0.15) is 0 Å². The molecule has 2 nitrogen and oxygen atoms in total. The summed E-state index contributed by atoms with van der Waals surface area (Å²) in [7, 11) is 0. The second kappa shape index (κ2) is 4.44. The summed E-state index contributed by atoms with van der Waals surface area (Å²) in [6, 6.07) is 0. The van der Waals surface area contributed by atoms with Crippen molar-refractivity contribution in [3.05, 3.63) is 0 Å². The van der Waals surface area contributed by atoms with Crippen molar-refractivity contribution >= 4 is 16.2 Å². The molecule has 0 aliphatic rings. The van der Waals surface area contributed by atoms with E-state index in [1.54, 1.807) is 0 Å². The molecule has 0 rings (SSSR count). The molecule has 0 radical (unpaired) electrons. The van der Waals surface area contributed by atoms with Crippen LogP contribution in [0.15, 0.2) is 0 Å². The van der Waals surface area contributed by atoms with Crippen LogP contribution in [0.5, 0.6) is 0 Å². The Morgan fingerprint density at radius 1 is 1.80 bits per heavy atom. The van der Waals surface area contributed by atoms with Gasteiger partial charge in [0, 0.05) is 0 Å². The van der Waals surface area contributed by atoms with Crippen LogP contribution in [0.4, 0.5) is 0 Å². The summed E-state index contributed by atoms with van der Waals surface area (Å²) in [5.41, 5.74) is 0. The van der Waals surface area contributed by atoms with Crippen LogP contribution in [-0.2, 0) is 0 Å². The molecule has 0 unspecified atom stereocenters. The fraction of sp³-hybridized carbons (Fsp3) is 1.00. The third kappa shape index (κ3) is 4.44. The Bertz CT molecular complexity index is 17.1. The predicted molar refractivity (Wildman–Crippen MR) is 22.2 cm³/mol. The van der Waals surface area contributed by atoms with Gasteiger partial charge in [-0.15, -0.1) is 0 Å². The monoisotopic (exact) mass is 141 g/mol. The normalized spacial score (nSPS) is 8.40. The summed E-state index contributed by atoms with van der Waals surface area (Å²) in [6.07, 6.45) is 0. The second-order valence-corrected chi connectivity index (χ2v) is 1.30. The summed E-state index contributed by atoms with van der Waals surface area (Å²) in [6.45, 7) is 0.884. The van der Waals surface area contributed by atoms with Crippen LogP contribution in [0.2, 0.25) is 0 Å². The number of nitrogens with one attached hydrogen (secondary N) is 1. The van der Waals surface area contributed by atoms with Gasteiger partial charge in [-0.3, -0.25) is 0 Å². The Kier molecular flexibility index (Phi) is 4.83. The molecular formula is C2H7NOSe. The van der Waals surface area contributed by atoms with Crippen LogP contribution in [0.3, 0.4) is 0 Å². The van der Waals surface area contributed by atoms with E-state index in [0.29, 0.717) is 6.54 Å². The predicted octanol–water partition coefficient (Wildman–Crippen LogP) is -1.62. The van der Waals surface area contributed by atoms with Gasteiger partial charge in [-0.25, -0.2) is 0 Å². The van der Waals surface area contributed by atoms with E-state index >= 15 is 0 Å². The van der Waals surface area contributed by atoms with Gasteiger partial charge in [0.15, 0.2) is 0 Å². The first-order valence-corrected chi connectivity index (χ1v) is 2.33. The van der Waals surface area contributed by atoms with E-state index in [2.05, 4.69) is 20.6 Å². The van der Waals surface area contributed by atoms with Crippen molar-refractivity contribution in [1.29, 1.82) is 0 Å². The van der Waals surface area contributed by atoms with Crippen LogP contribution in [0.25, 0.3) is 0 Å². The zero-order chi connectivity index (χ0) is 4.12. The maximum absolute atomic E-state index is 7.99. The van der Waals surface area contributed by atoms with Gasteiger partial charge in [0.1, 0.15) is 0 Å². The molecule has 0 spiro atoms. The molecule has 0 saturated carbocycles. The Morgan fingerprint density at radius 3 is 2.40 bits per heavy atom. The maximum atomic E-state index is 7.99. The zero-order valence-corrected chi connectivity index (χ0v) is 4.69. The summed E-state index contributed by atoms with van der Waals surface area (Å²) >= 11 is 2.17. The molecule has 0 amide bonds. The molecule has 0 bridgehead atoms. The van der Waals surface area contributed by atoms with Crippen LogP contribution in [-0.4, -0.2) is 34.5 Å². The summed E-state index contributed by atoms with van der Waals surface area (Å²) in [5.74, 6) is 0. The average molecular weight is 140 g/mol. The molecule has 32 valence electrons. The number of aliphatic hydroxyl groups is 1. The Balaban J connectivity index is 2.19. The van der Waals surface area contributed by atoms with Crippen molar-refractivity contribution in [2.45, 2.75) is 0 Å². The van der Waals surface area contributed by atoms with Crippen molar-refractivity contribution < 1.29 is 5.11 Å². The number of hydrogen-bond acceptors (Lipinski definition) is 2. The standard InChI is InChI=1S/C2H7NOSe/c4-2-1-3-5/h3-5H,1-2H2. The van der Waals surface area contributed by atoms with Crippen LogP contribution in [0, 0.1) is 0 Å². The number of aliphatic hydroxyl groups excluding tert-OH is 1. The van der Waals surface area contributed by atoms with Crippen molar-refractivity contribution in [3.63, 3.8) is 0 Å². The SMILES string of the molecule is OCCN[SeH]. The molecule has 2 N–H and O–H groups in total. The van der Waals surface area contributed by atoms with E-state index in [9.17, 15) is 0 Å². The number of rotatable bonds is 2. The van der Waals surface area contributed by atoms with Gasteiger partial charge in [0.05, 0.1) is 0 Å². The van der Waals surface area contributed by atoms with Crippen LogP contribution in [0.1, 0.15) is 0 Å². The van der Waals surface area contributed by atoms with Crippen LogP contribution < -0.4 is 4.33 Å². The quantitative estimate of drug-likeness (QED) is 0.452. The fourth-order valence-electron chi connectivity index (χ4n) is 0.0500. The first-order valence-electron chi connectivity index (χ1n) is 1.39. The van der Waals surface area contributed by atoms with E-state index < -0.39 is 0 Å². The Labute approximate surface area is 39.6 Å². The molecule has 3 heteroatoms. The molecule has 0 aromatic rings. The molecule has 0 aliphatic heterocycles. The Morgan fingerprint density at radius 2 is 2.40 bits per heavy atom. The first kappa shape index (κ1) is 5.44. The van der Waals surface area contributed by atoms with Crippen molar-refractivity contribution in [2.24, 2.45) is 0 Å². The van der Waals surface area contributed by atoms with E-state index in [0.717, 1.165) is 0 Å². The summed E-state index contributed by atoms with van der Waals surface area (Å²) in [5, 5.41) is 7.99. The topological polar surface area (TPSA) is 32.3 Å². The zero-order valence-electron chi connectivity index (χ0n) is 2.81. The van der Waals surface area contributed by atoms with Gasteiger partial charge in [-0.05, 0) is 0 Å². The molecule has 0 fully saturated rings.